The second kappa shape index (κ2) is 4.97. The Balaban J connectivity index is 2.56. The summed E-state index contributed by atoms with van der Waals surface area (Å²) in [5.74, 6) is -1.33. The molecule has 0 aliphatic carbocycles. The van der Waals surface area contributed by atoms with Gasteiger partial charge in [-0.1, -0.05) is 0 Å². The Morgan fingerprint density at radius 3 is 2.50 bits per heavy atom. The van der Waals surface area contributed by atoms with Gasteiger partial charge in [-0.25, -0.2) is 4.39 Å². The van der Waals surface area contributed by atoms with Crippen molar-refractivity contribution in [1.82, 2.24) is 0 Å². The Kier molecular flexibility index (Phi) is 3.91. The lowest BCUT2D eigenvalue weighted by atomic mass is 10.4. The predicted octanol–water partition coefficient (Wildman–Crippen LogP) is 1.41. The largest absolute Gasteiger partial charge is 0.611 e. The highest BCUT2D eigenvalue weighted by Crippen LogP contribution is 2.12. The molecular formula is C9H9FO3S. The lowest BCUT2D eigenvalue weighted by Crippen LogP contribution is -2.10. The minimum Gasteiger partial charge on any atom is -0.611 e. The van der Waals surface area contributed by atoms with E-state index >= 15 is 0 Å². The van der Waals surface area contributed by atoms with Gasteiger partial charge in [0.1, 0.15) is 11.6 Å². The van der Waals surface area contributed by atoms with Gasteiger partial charge < -0.3 is 9.66 Å². The lowest BCUT2D eigenvalue weighted by Gasteiger charge is -2.08. The molecule has 1 N–H and O–H groups in total. The van der Waals surface area contributed by atoms with E-state index in [4.69, 9.17) is 5.11 Å². The Morgan fingerprint density at radius 1 is 1.43 bits per heavy atom. The Morgan fingerprint density at radius 2 is 2.00 bits per heavy atom. The summed E-state index contributed by atoms with van der Waals surface area (Å²) in [6.45, 7) is 0. The fourth-order valence-corrected chi connectivity index (χ4v) is 1.92. The van der Waals surface area contributed by atoms with Crippen molar-refractivity contribution in [3.05, 3.63) is 30.1 Å². The van der Waals surface area contributed by atoms with Gasteiger partial charge in [0.2, 0.25) is 0 Å². The van der Waals surface area contributed by atoms with Crippen LogP contribution in [0.15, 0.2) is 29.2 Å². The SMILES string of the molecule is O=C(O)CC[S+]([O-])c1ccc(F)cc1. The monoisotopic (exact) mass is 216 g/mol. The molecule has 76 valence electrons. The first-order valence-electron chi connectivity index (χ1n) is 3.95. The maximum Gasteiger partial charge on any atom is 0.308 e. The van der Waals surface area contributed by atoms with Crippen molar-refractivity contribution in [2.45, 2.75) is 11.3 Å². The van der Waals surface area contributed by atoms with E-state index in [-0.39, 0.29) is 12.2 Å². The fourth-order valence-electron chi connectivity index (χ4n) is 0.884. The topological polar surface area (TPSA) is 60.4 Å². The van der Waals surface area contributed by atoms with Crippen LogP contribution in [0.25, 0.3) is 0 Å². The summed E-state index contributed by atoms with van der Waals surface area (Å²) in [5, 5.41) is 8.36. The summed E-state index contributed by atoms with van der Waals surface area (Å²) in [6.07, 6.45) is -0.149. The fraction of sp³-hybridized carbons (Fsp3) is 0.222. The molecule has 0 heterocycles. The zero-order valence-electron chi connectivity index (χ0n) is 7.27. The maximum atomic E-state index is 12.5. The van der Waals surface area contributed by atoms with E-state index in [1.807, 2.05) is 0 Å². The van der Waals surface area contributed by atoms with Gasteiger partial charge in [0.25, 0.3) is 0 Å². The number of aliphatic carboxylic acids is 1. The van der Waals surface area contributed by atoms with Crippen LogP contribution in [0, 0.1) is 5.82 Å². The lowest BCUT2D eigenvalue weighted by molar-refractivity contribution is -0.136. The Hall–Kier alpha value is -1.07. The van der Waals surface area contributed by atoms with E-state index < -0.39 is 23.0 Å². The van der Waals surface area contributed by atoms with E-state index in [9.17, 15) is 13.7 Å². The first kappa shape index (κ1) is 11.0. The number of carbonyl (C=O) groups is 1. The van der Waals surface area contributed by atoms with Crippen LogP contribution in [0.1, 0.15) is 6.42 Å². The van der Waals surface area contributed by atoms with Crippen LogP contribution in [0.4, 0.5) is 4.39 Å². The molecule has 0 fully saturated rings. The standard InChI is InChI=1S/C9H9FO3S/c10-7-1-3-8(4-2-7)14(13)6-5-9(11)12/h1-4H,5-6H2,(H,11,12). The highest BCUT2D eigenvalue weighted by molar-refractivity contribution is 7.91. The highest BCUT2D eigenvalue weighted by atomic mass is 32.2. The average Bonchev–Trinajstić information content (AvgIpc) is 2.15. The zero-order valence-corrected chi connectivity index (χ0v) is 8.09. The molecule has 0 saturated carbocycles. The van der Waals surface area contributed by atoms with Gasteiger partial charge in [-0.15, -0.1) is 0 Å². The molecule has 1 aromatic rings. The van der Waals surface area contributed by atoms with Crippen LogP contribution in [-0.4, -0.2) is 21.4 Å². The van der Waals surface area contributed by atoms with Gasteiger partial charge >= 0.3 is 5.97 Å². The van der Waals surface area contributed by atoms with Gasteiger partial charge in [-0.3, -0.25) is 4.79 Å². The van der Waals surface area contributed by atoms with Gasteiger partial charge in [-0.05, 0) is 35.4 Å². The molecule has 0 aliphatic heterocycles. The number of hydrogen-bond donors (Lipinski definition) is 1. The molecule has 1 atom stereocenters. The maximum absolute atomic E-state index is 12.5. The van der Waals surface area contributed by atoms with Crippen molar-refractivity contribution in [2.75, 3.05) is 5.75 Å². The number of halogens is 1. The molecule has 3 nitrogen and oxygen atoms in total. The number of carboxylic acids is 1. The number of benzene rings is 1. The molecule has 0 amide bonds. The van der Waals surface area contributed by atoms with Crippen LogP contribution in [0.2, 0.25) is 0 Å². The normalized spacial score (nSPS) is 12.4. The molecule has 0 aliphatic rings. The molecule has 0 saturated heterocycles. The van der Waals surface area contributed by atoms with Crippen molar-refractivity contribution in [3.63, 3.8) is 0 Å². The van der Waals surface area contributed by atoms with Crippen molar-refractivity contribution < 1.29 is 18.8 Å². The predicted molar refractivity (Wildman–Crippen MR) is 49.9 cm³/mol. The number of carboxylic acid groups (broad SMARTS) is 1. The van der Waals surface area contributed by atoms with Crippen molar-refractivity contribution in [3.8, 4) is 0 Å². The van der Waals surface area contributed by atoms with Crippen molar-refractivity contribution in [2.24, 2.45) is 0 Å². The minimum atomic E-state index is -1.36. The van der Waals surface area contributed by atoms with Gasteiger partial charge in [-0.2, -0.15) is 0 Å². The molecular weight excluding hydrogens is 207 g/mol. The molecule has 14 heavy (non-hydrogen) atoms. The van der Waals surface area contributed by atoms with E-state index in [1.165, 1.54) is 24.3 Å². The molecule has 5 heteroatoms. The third kappa shape index (κ3) is 3.35. The number of hydrogen-bond acceptors (Lipinski definition) is 2. The summed E-state index contributed by atoms with van der Waals surface area (Å²) in [6, 6.07) is 5.20. The van der Waals surface area contributed by atoms with E-state index in [0.717, 1.165) is 0 Å². The minimum absolute atomic E-state index is 0.0565. The smallest absolute Gasteiger partial charge is 0.308 e. The number of rotatable bonds is 4. The quantitative estimate of drug-likeness (QED) is 0.774. The average molecular weight is 216 g/mol. The van der Waals surface area contributed by atoms with Gasteiger partial charge in [0, 0.05) is 0 Å². The first-order chi connectivity index (χ1) is 6.59. The van der Waals surface area contributed by atoms with Gasteiger partial charge in [0.15, 0.2) is 4.90 Å². The van der Waals surface area contributed by atoms with Crippen LogP contribution in [-0.2, 0) is 16.0 Å². The van der Waals surface area contributed by atoms with Crippen LogP contribution < -0.4 is 0 Å². The third-order valence-corrected chi connectivity index (χ3v) is 2.95. The van der Waals surface area contributed by atoms with E-state index in [2.05, 4.69) is 0 Å². The van der Waals surface area contributed by atoms with Crippen LogP contribution in [0.3, 0.4) is 0 Å². The third-order valence-electron chi connectivity index (χ3n) is 1.58. The summed E-state index contributed by atoms with van der Waals surface area (Å²) in [5.41, 5.74) is 0. The van der Waals surface area contributed by atoms with Crippen molar-refractivity contribution >= 4 is 17.1 Å². The molecule has 0 radical (unpaired) electrons. The van der Waals surface area contributed by atoms with Crippen LogP contribution in [0.5, 0.6) is 0 Å². The molecule has 0 aromatic heterocycles. The Labute approximate surface area is 83.7 Å². The molecule has 1 rings (SSSR count). The first-order valence-corrected chi connectivity index (χ1v) is 5.27. The summed E-state index contributed by atoms with van der Waals surface area (Å²) >= 11 is -1.36. The van der Waals surface area contributed by atoms with E-state index in [0.29, 0.717) is 4.90 Å². The summed E-state index contributed by atoms with van der Waals surface area (Å²) in [4.78, 5) is 10.6. The molecule has 0 bridgehead atoms. The zero-order chi connectivity index (χ0) is 10.6. The molecule has 1 aromatic carbocycles. The van der Waals surface area contributed by atoms with Gasteiger partial charge in [0.05, 0.1) is 6.42 Å². The Bertz CT molecular complexity index is 312. The van der Waals surface area contributed by atoms with Crippen molar-refractivity contribution in [1.29, 1.82) is 0 Å². The second-order valence-electron chi connectivity index (χ2n) is 2.65. The molecule has 1 unspecified atom stereocenters. The highest BCUT2D eigenvalue weighted by Gasteiger charge is 2.12. The second-order valence-corrected chi connectivity index (χ2v) is 4.22. The molecule has 0 spiro atoms. The van der Waals surface area contributed by atoms with Crippen LogP contribution >= 0.6 is 0 Å². The van der Waals surface area contributed by atoms with E-state index in [1.54, 1.807) is 0 Å². The summed E-state index contributed by atoms with van der Waals surface area (Å²) in [7, 11) is 0. The summed E-state index contributed by atoms with van der Waals surface area (Å²) < 4.78 is 23.9.